The fourth-order valence-electron chi connectivity index (χ4n) is 0.744. The van der Waals surface area contributed by atoms with Crippen molar-refractivity contribution in [1.82, 2.24) is 16.2 Å². The Kier molecular flexibility index (Phi) is 6.34. The van der Waals surface area contributed by atoms with Gasteiger partial charge in [-0.15, -0.1) is 0 Å². The summed E-state index contributed by atoms with van der Waals surface area (Å²) in [4.78, 5) is 0. The normalized spacial score (nSPS) is 12.0. The highest BCUT2D eigenvalue weighted by Crippen LogP contribution is 2.04. The third-order valence-corrected chi connectivity index (χ3v) is 2.04. The quantitative estimate of drug-likeness (QED) is 0.395. The molecule has 0 aromatic heterocycles. The minimum Gasteiger partial charge on any atom is -0.320 e. The smallest absolute Gasteiger partial charge is 0.0264 e. The van der Waals surface area contributed by atoms with Crippen molar-refractivity contribution < 1.29 is 0 Å². The maximum Gasteiger partial charge on any atom is 0.0264 e. The lowest BCUT2D eigenvalue weighted by atomic mass is 10.0. The predicted molar refractivity (Wildman–Crippen MR) is 54.1 cm³/mol. The van der Waals surface area contributed by atoms with E-state index >= 15 is 0 Å². The molecule has 0 spiro atoms. The lowest BCUT2D eigenvalue weighted by molar-refractivity contribution is 0.319. The molecule has 0 amide bonds. The molecule has 3 nitrogen and oxygen atoms in total. The van der Waals surface area contributed by atoms with Crippen LogP contribution < -0.4 is 16.2 Å². The Morgan fingerprint density at radius 2 is 1.83 bits per heavy atom. The summed E-state index contributed by atoms with van der Waals surface area (Å²) in [5.41, 5.74) is 6.72. The second-order valence-electron chi connectivity index (χ2n) is 3.75. The van der Waals surface area contributed by atoms with E-state index in [0.29, 0.717) is 0 Å². The van der Waals surface area contributed by atoms with Crippen LogP contribution in [0, 0.1) is 0 Å². The van der Waals surface area contributed by atoms with Crippen LogP contribution in [0.4, 0.5) is 0 Å². The number of hydrogen-bond donors (Lipinski definition) is 3. The highest BCUT2D eigenvalue weighted by molar-refractivity contribution is 4.72. The van der Waals surface area contributed by atoms with Crippen LogP contribution in [0.2, 0.25) is 0 Å². The van der Waals surface area contributed by atoms with Gasteiger partial charge in [-0.1, -0.05) is 6.92 Å². The van der Waals surface area contributed by atoms with Gasteiger partial charge in [0.2, 0.25) is 0 Å². The fraction of sp³-hybridized carbons (Fsp3) is 1.00. The van der Waals surface area contributed by atoms with Crippen molar-refractivity contribution in [1.29, 1.82) is 0 Å². The van der Waals surface area contributed by atoms with Crippen LogP contribution in [0.3, 0.4) is 0 Å². The van der Waals surface area contributed by atoms with Gasteiger partial charge in [0.15, 0.2) is 0 Å². The first kappa shape index (κ1) is 11.9. The Hall–Kier alpha value is -0.120. The molecule has 0 saturated heterocycles. The van der Waals surface area contributed by atoms with Gasteiger partial charge in [0.05, 0.1) is 0 Å². The highest BCUT2D eigenvalue weighted by atomic mass is 15.4. The maximum absolute atomic E-state index is 3.29. The van der Waals surface area contributed by atoms with Gasteiger partial charge in [-0.2, -0.15) is 0 Å². The summed E-state index contributed by atoms with van der Waals surface area (Å²) in [6, 6.07) is 0. The van der Waals surface area contributed by atoms with Gasteiger partial charge in [-0.25, -0.2) is 0 Å². The maximum atomic E-state index is 3.29. The van der Waals surface area contributed by atoms with E-state index < -0.39 is 0 Å². The summed E-state index contributed by atoms with van der Waals surface area (Å²) in [6.07, 6.45) is 2.29. The van der Waals surface area contributed by atoms with Crippen LogP contribution in [-0.4, -0.2) is 25.7 Å². The van der Waals surface area contributed by atoms with Crippen LogP contribution >= 0.6 is 0 Å². The largest absolute Gasteiger partial charge is 0.320 e. The van der Waals surface area contributed by atoms with Gasteiger partial charge in [-0.3, -0.25) is 10.9 Å². The molecule has 0 aliphatic heterocycles. The van der Waals surface area contributed by atoms with E-state index in [2.05, 4.69) is 36.9 Å². The molecule has 74 valence electrons. The standard InChI is InChI=1S/C9H23N3/c1-5-9(2,3)12-11-8-6-7-10-4/h10-12H,5-8H2,1-4H3. The zero-order chi connectivity index (χ0) is 9.45. The van der Waals surface area contributed by atoms with Gasteiger partial charge >= 0.3 is 0 Å². The molecule has 0 atom stereocenters. The molecule has 3 N–H and O–H groups in total. The van der Waals surface area contributed by atoms with Gasteiger partial charge in [0.1, 0.15) is 0 Å². The number of hydrazine groups is 1. The SMILES string of the molecule is CCC(C)(C)NNCCCNC. The van der Waals surface area contributed by atoms with Crippen molar-refractivity contribution in [3.05, 3.63) is 0 Å². The summed E-state index contributed by atoms with van der Waals surface area (Å²) in [6.45, 7) is 8.66. The summed E-state index contributed by atoms with van der Waals surface area (Å²) in [7, 11) is 1.98. The van der Waals surface area contributed by atoms with E-state index in [1.165, 1.54) is 0 Å². The molecule has 3 heteroatoms. The van der Waals surface area contributed by atoms with E-state index in [1.807, 2.05) is 7.05 Å². The minimum atomic E-state index is 0.208. The molecule has 0 rings (SSSR count). The molecule has 0 heterocycles. The first-order valence-electron chi connectivity index (χ1n) is 4.77. The van der Waals surface area contributed by atoms with E-state index in [9.17, 15) is 0 Å². The minimum absolute atomic E-state index is 0.208. The van der Waals surface area contributed by atoms with Crippen molar-refractivity contribution in [2.45, 2.75) is 39.2 Å². The summed E-state index contributed by atoms with van der Waals surface area (Å²) in [5, 5.41) is 3.11. The average molecular weight is 173 g/mol. The zero-order valence-corrected chi connectivity index (χ0v) is 8.83. The number of nitrogens with one attached hydrogen (secondary N) is 3. The molecule has 0 aromatic rings. The third kappa shape index (κ3) is 6.58. The molecule has 0 unspecified atom stereocenters. The van der Waals surface area contributed by atoms with E-state index in [1.54, 1.807) is 0 Å². The zero-order valence-electron chi connectivity index (χ0n) is 8.83. The molecular formula is C9H23N3. The first-order chi connectivity index (χ1) is 5.62. The Morgan fingerprint density at radius 1 is 1.17 bits per heavy atom. The Balaban J connectivity index is 3.19. The molecule has 0 bridgehead atoms. The van der Waals surface area contributed by atoms with Crippen molar-refractivity contribution in [3.8, 4) is 0 Å². The van der Waals surface area contributed by atoms with Gasteiger partial charge < -0.3 is 5.32 Å². The topological polar surface area (TPSA) is 36.1 Å². The molecule has 0 fully saturated rings. The van der Waals surface area contributed by atoms with E-state index in [4.69, 9.17) is 0 Å². The van der Waals surface area contributed by atoms with E-state index in [-0.39, 0.29) is 5.54 Å². The number of hydrogen-bond acceptors (Lipinski definition) is 3. The molecule has 0 radical (unpaired) electrons. The lowest BCUT2D eigenvalue weighted by Gasteiger charge is -2.24. The second-order valence-corrected chi connectivity index (χ2v) is 3.75. The second kappa shape index (κ2) is 6.40. The molecule has 12 heavy (non-hydrogen) atoms. The summed E-state index contributed by atoms with van der Waals surface area (Å²) in [5.74, 6) is 0. The molecule has 0 aliphatic rings. The van der Waals surface area contributed by atoms with Crippen molar-refractivity contribution in [3.63, 3.8) is 0 Å². The predicted octanol–water partition coefficient (Wildman–Crippen LogP) is 0.879. The monoisotopic (exact) mass is 173 g/mol. The summed E-state index contributed by atoms with van der Waals surface area (Å²) < 4.78 is 0. The fourth-order valence-corrected chi connectivity index (χ4v) is 0.744. The van der Waals surface area contributed by atoms with Crippen LogP contribution in [0.25, 0.3) is 0 Å². The third-order valence-electron chi connectivity index (χ3n) is 2.04. The molecule has 0 saturated carbocycles. The lowest BCUT2D eigenvalue weighted by Crippen LogP contribution is -2.48. The molecule has 0 aromatic carbocycles. The Morgan fingerprint density at radius 3 is 2.33 bits per heavy atom. The van der Waals surface area contributed by atoms with Crippen LogP contribution in [0.1, 0.15) is 33.6 Å². The van der Waals surface area contributed by atoms with Gasteiger partial charge in [-0.05, 0) is 40.3 Å². The van der Waals surface area contributed by atoms with Crippen LogP contribution in [0.15, 0.2) is 0 Å². The van der Waals surface area contributed by atoms with Gasteiger partial charge in [0.25, 0.3) is 0 Å². The van der Waals surface area contributed by atoms with Crippen LogP contribution in [0.5, 0.6) is 0 Å². The van der Waals surface area contributed by atoms with Crippen molar-refractivity contribution >= 4 is 0 Å². The summed E-state index contributed by atoms with van der Waals surface area (Å²) >= 11 is 0. The van der Waals surface area contributed by atoms with Crippen molar-refractivity contribution in [2.75, 3.05) is 20.1 Å². The van der Waals surface area contributed by atoms with Crippen molar-refractivity contribution in [2.24, 2.45) is 0 Å². The first-order valence-corrected chi connectivity index (χ1v) is 4.77. The molecule has 0 aliphatic carbocycles. The Bertz CT molecular complexity index is 102. The number of rotatable bonds is 7. The highest BCUT2D eigenvalue weighted by Gasteiger charge is 2.12. The van der Waals surface area contributed by atoms with Crippen LogP contribution in [-0.2, 0) is 0 Å². The molecular weight excluding hydrogens is 150 g/mol. The van der Waals surface area contributed by atoms with E-state index in [0.717, 1.165) is 25.9 Å². The Labute approximate surface area is 76.3 Å². The van der Waals surface area contributed by atoms with Gasteiger partial charge in [0, 0.05) is 12.1 Å². The average Bonchev–Trinajstić information content (AvgIpc) is 2.04.